The van der Waals surface area contributed by atoms with Crippen LogP contribution in [0.4, 0.5) is 5.69 Å². The normalized spacial score (nSPS) is 16.3. The van der Waals surface area contributed by atoms with Crippen molar-refractivity contribution < 1.29 is 9.90 Å². The fraction of sp³-hybridized carbons (Fsp3) is 0.500. The SMILES string of the molecule is Cc1ccccc1N(C)CC(NC1CC1)C(=O)O. The summed E-state index contributed by atoms with van der Waals surface area (Å²) in [4.78, 5) is 13.2. The highest BCUT2D eigenvalue weighted by Gasteiger charge is 2.29. The van der Waals surface area contributed by atoms with Gasteiger partial charge in [-0.1, -0.05) is 18.2 Å². The van der Waals surface area contributed by atoms with Crippen LogP contribution in [0, 0.1) is 6.92 Å². The Balaban J connectivity index is 2.01. The van der Waals surface area contributed by atoms with Crippen molar-refractivity contribution in [2.45, 2.75) is 31.8 Å². The second kappa shape index (κ2) is 5.40. The van der Waals surface area contributed by atoms with Crippen LogP contribution in [0.3, 0.4) is 0 Å². The third-order valence-corrected chi connectivity index (χ3v) is 3.30. The summed E-state index contributed by atoms with van der Waals surface area (Å²) in [5.74, 6) is -0.776. The maximum Gasteiger partial charge on any atom is 0.322 e. The Hall–Kier alpha value is -1.55. The zero-order valence-corrected chi connectivity index (χ0v) is 10.9. The number of anilines is 1. The van der Waals surface area contributed by atoms with E-state index in [1.165, 1.54) is 0 Å². The number of nitrogens with one attached hydrogen (secondary N) is 1. The largest absolute Gasteiger partial charge is 0.480 e. The van der Waals surface area contributed by atoms with E-state index in [0.29, 0.717) is 12.6 Å². The highest BCUT2D eigenvalue weighted by molar-refractivity contribution is 5.74. The van der Waals surface area contributed by atoms with E-state index in [0.717, 1.165) is 24.1 Å². The minimum Gasteiger partial charge on any atom is -0.480 e. The molecule has 0 heterocycles. The molecule has 1 unspecified atom stereocenters. The van der Waals surface area contributed by atoms with Gasteiger partial charge in [-0.2, -0.15) is 0 Å². The van der Waals surface area contributed by atoms with Crippen molar-refractivity contribution in [3.05, 3.63) is 29.8 Å². The van der Waals surface area contributed by atoms with E-state index in [2.05, 4.69) is 5.32 Å². The molecule has 0 aromatic heterocycles. The number of hydrogen-bond acceptors (Lipinski definition) is 3. The van der Waals surface area contributed by atoms with Crippen LogP contribution in [0.5, 0.6) is 0 Å². The van der Waals surface area contributed by atoms with Gasteiger partial charge < -0.3 is 15.3 Å². The van der Waals surface area contributed by atoms with Crippen LogP contribution in [0.2, 0.25) is 0 Å². The lowest BCUT2D eigenvalue weighted by molar-refractivity contribution is -0.139. The first-order chi connectivity index (χ1) is 8.58. The van der Waals surface area contributed by atoms with Gasteiger partial charge in [0, 0.05) is 25.3 Å². The molecular formula is C14H20N2O2. The van der Waals surface area contributed by atoms with Crippen LogP contribution in [-0.2, 0) is 4.79 Å². The molecular weight excluding hydrogens is 228 g/mol. The van der Waals surface area contributed by atoms with Crippen LogP contribution in [-0.4, -0.2) is 36.8 Å². The van der Waals surface area contributed by atoms with E-state index in [-0.39, 0.29) is 0 Å². The van der Waals surface area contributed by atoms with Crippen molar-refractivity contribution in [1.82, 2.24) is 5.32 Å². The van der Waals surface area contributed by atoms with Gasteiger partial charge in [-0.05, 0) is 31.4 Å². The number of hydrogen-bond donors (Lipinski definition) is 2. The number of para-hydroxylation sites is 1. The molecule has 1 aromatic rings. The standard InChI is InChI=1S/C14H20N2O2/c1-10-5-3-4-6-13(10)16(2)9-12(14(17)18)15-11-7-8-11/h3-6,11-12,15H,7-9H2,1-2H3,(H,17,18). The molecule has 0 saturated heterocycles. The monoisotopic (exact) mass is 248 g/mol. The van der Waals surface area contributed by atoms with Crippen LogP contribution in [0.25, 0.3) is 0 Å². The summed E-state index contributed by atoms with van der Waals surface area (Å²) < 4.78 is 0. The van der Waals surface area contributed by atoms with E-state index in [1.807, 2.05) is 43.1 Å². The molecule has 98 valence electrons. The molecule has 4 nitrogen and oxygen atoms in total. The summed E-state index contributed by atoms with van der Waals surface area (Å²) in [6, 6.07) is 7.92. The maximum absolute atomic E-state index is 11.2. The molecule has 0 radical (unpaired) electrons. The molecule has 0 spiro atoms. The van der Waals surface area contributed by atoms with Gasteiger partial charge in [0.1, 0.15) is 6.04 Å². The Bertz CT molecular complexity index is 430. The van der Waals surface area contributed by atoms with E-state index >= 15 is 0 Å². The van der Waals surface area contributed by atoms with Gasteiger partial charge >= 0.3 is 5.97 Å². The molecule has 1 aliphatic carbocycles. The number of aryl methyl sites for hydroxylation is 1. The Morgan fingerprint density at radius 3 is 2.72 bits per heavy atom. The van der Waals surface area contributed by atoms with Gasteiger partial charge in [-0.15, -0.1) is 0 Å². The van der Waals surface area contributed by atoms with E-state index in [9.17, 15) is 9.90 Å². The minimum atomic E-state index is -0.776. The molecule has 0 aliphatic heterocycles. The lowest BCUT2D eigenvalue weighted by Gasteiger charge is -2.25. The number of aliphatic carboxylic acids is 1. The Morgan fingerprint density at radius 2 is 2.17 bits per heavy atom. The predicted octanol–water partition coefficient (Wildman–Crippen LogP) is 1.64. The molecule has 1 aliphatic rings. The fourth-order valence-electron chi connectivity index (χ4n) is 2.10. The van der Waals surface area contributed by atoms with E-state index in [1.54, 1.807) is 0 Å². The van der Waals surface area contributed by atoms with Gasteiger partial charge in [-0.3, -0.25) is 4.79 Å². The average Bonchev–Trinajstić information content (AvgIpc) is 3.12. The number of carboxylic acids is 1. The number of rotatable bonds is 6. The molecule has 0 bridgehead atoms. The number of benzene rings is 1. The lowest BCUT2D eigenvalue weighted by atomic mass is 10.1. The average molecular weight is 248 g/mol. The van der Waals surface area contributed by atoms with Crippen LogP contribution in [0.1, 0.15) is 18.4 Å². The van der Waals surface area contributed by atoms with Gasteiger partial charge in [0.15, 0.2) is 0 Å². The van der Waals surface area contributed by atoms with E-state index in [4.69, 9.17) is 0 Å². The molecule has 4 heteroatoms. The van der Waals surface area contributed by atoms with Gasteiger partial charge in [-0.25, -0.2) is 0 Å². The van der Waals surface area contributed by atoms with E-state index < -0.39 is 12.0 Å². The van der Waals surface area contributed by atoms with Crippen molar-refractivity contribution in [1.29, 1.82) is 0 Å². The number of likely N-dealkylation sites (N-methyl/N-ethyl adjacent to an activating group) is 1. The molecule has 1 aromatic carbocycles. The number of carboxylic acid groups (broad SMARTS) is 1. The number of nitrogens with zero attached hydrogens (tertiary/aromatic N) is 1. The third-order valence-electron chi connectivity index (χ3n) is 3.30. The maximum atomic E-state index is 11.2. The molecule has 1 fully saturated rings. The molecule has 0 amide bonds. The van der Waals surface area contributed by atoms with Crippen LogP contribution in [0.15, 0.2) is 24.3 Å². The summed E-state index contributed by atoms with van der Waals surface area (Å²) in [7, 11) is 1.94. The van der Waals surface area contributed by atoms with Gasteiger partial charge in [0.05, 0.1) is 0 Å². The molecule has 18 heavy (non-hydrogen) atoms. The molecule has 1 atom stereocenters. The predicted molar refractivity (Wildman–Crippen MR) is 72.0 cm³/mol. The third kappa shape index (κ3) is 3.23. The zero-order valence-electron chi connectivity index (χ0n) is 10.9. The zero-order chi connectivity index (χ0) is 13.1. The lowest BCUT2D eigenvalue weighted by Crippen LogP contribution is -2.46. The first-order valence-corrected chi connectivity index (χ1v) is 6.33. The van der Waals surface area contributed by atoms with Crippen molar-refractivity contribution >= 4 is 11.7 Å². The summed E-state index contributed by atoms with van der Waals surface area (Å²) >= 11 is 0. The Labute approximate surface area is 108 Å². The Morgan fingerprint density at radius 1 is 1.50 bits per heavy atom. The quantitative estimate of drug-likeness (QED) is 0.803. The summed E-state index contributed by atoms with van der Waals surface area (Å²) in [5, 5.41) is 12.4. The number of carbonyl (C=O) groups is 1. The fourth-order valence-corrected chi connectivity index (χ4v) is 2.10. The van der Waals surface area contributed by atoms with Gasteiger partial charge in [0.2, 0.25) is 0 Å². The van der Waals surface area contributed by atoms with Crippen molar-refractivity contribution in [2.75, 3.05) is 18.5 Å². The van der Waals surface area contributed by atoms with Gasteiger partial charge in [0.25, 0.3) is 0 Å². The highest BCUT2D eigenvalue weighted by atomic mass is 16.4. The summed E-state index contributed by atoms with van der Waals surface area (Å²) in [5.41, 5.74) is 2.25. The van der Waals surface area contributed by atoms with Crippen molar-refractivity contribution in [3.63, 3.8) is 0 Å². The van der Waals surface area contributed by atoms with Crippen molar-refractivity contribution in [2.24, 2.45) is 0 Å². The second-order valence-electron chi connectivity index (χ2n) is 5.00. The second-order valence-corrected chi connectivity index (χ2v) is 5.00. The van der Waals surface area contributed by atoms with Crippen molar-refractivity contribution in [3.8, 4) is 0 Å². The van der Waals surface area contributed by atoms with Crippen LogP contribution >= 0.6 is 0 Å². The van der Waals surface area contributed by atoms with Crippen LogP contribution < -0.4 is 10.2 Å². The first kappa shape index (κ1) is 12.9. The molecule has 2 rings (SSSR count). The smallest absolute Gasteiger partial charge is 0.322 e. The summed E-state index contributed by atoms with van der Waals surface area (Å²) in [6.07, 6.45) is 2.19. The minimum absolute atomic E-state index is 0.399. The molecule has 1 saturated carbocycles. The molecule has 2 N–H and O–H groups in total. The highest BCUT2D eigenvalue weighted by Crippen LogP contribution is 2.21. The topological polar surface area (TPSA) is 52.6 Å². The Kier molecular flexibility index (Phi) is 3.87. The first-order valence-electron chi connectivity index (χ1n) is 6.33. The summed E-state index contributed by atoms with van der Waals surface area (Å²) in [6.45, 7) is 2.52.